The van der Waals surface area contributed by atoms with Crippen molar-refractivity contribution in [2.24, 2.45) is 0 Å². The standard InChI is InChI=1S/C7H7.Pt/c1-7-5-3-2-4-6-7;/h2-5H,1H3;/q-1;. The second-order valence-electron chi connectivity index (χ2n) is 1.55. The molecule has 0 aliphatic carbocycles. The van der Waals surface area contributed by atoms with Crippen molar-refractivity contribution in [1.82, 2.24) is 0 Å². The summed E-state index contributed by atoms with van der Waals surface area (Å²) in [6.45, 7) is 2.03. The maximum Gasteiger partial charge on any atom is 0 e. The summed E-state index contributed by atoms with van der Waals surface area (Å²) in [7, 11) is 0. The average Bonchev–Trinajstić information content (AvgIpc) is 1.69. The van der Waals surface area contributed by atoms with Gasteiger partial charge in [-0.1, -0.05) is 6.92 Å². The van der Waals surface area contributed by atoms with Crippen molar-refractivity contribution in [3.8, 4) is 0 Å². The Balaban J connectivity index is 0.000000490. The Morgan fingerprint density at radius 1 is 1.38 bits per heavy atom. The van der Waals surface area contributed by atoms with E-state index in [0.29, 0.717) is 0 Å². The van der Waals surface area contributed by atoms with Crippen LogP contribution >= 0.6 is 0 Å². The van der Waals surface area contributed by atoms with Gasteiger partial charge in [0.25, 0.3) is 0 Å². The molecule has 1 rings (SSSR count). The molecule has 0 aliphatic rings. The Bertz CT molecular complexity index is 134. The number of rotatable bonds is 0. The quantitative estimate of drug-likeness (QED) is 0.638. The van der Waals surface area contributed by atoms with Crippen LogP contribution in [0.1, 0.15) is 5.56 Å². The summed E-state index contributed by atoms with van der Waals surface area (Å²) in [4.78, 5) is 0. The maximum atomic E-state index is 3.03. The average molecular weight is 286 g/mol. The molecule has 0 aromatic heterocycles. The molecule has 0 amide bonds. The fourth-order valence-corrected chi connectivity index (χ4v) is 0.483. The van der Waals surface area contributed by atoms with Crippen molar-refractivity contribution in [2.75, 3.05) is 0 Å². The Hall–Kier alpha value is -0.0917. The van der Waals surface area contributed by atoms with Gasteiger partial charge in [0.1, 0.15) is 0 Å². The summed E-state index contributed by atoms with van der Waals surface area (Å²) in [5, 5.41) is 0. The van der Waals surface area contributed by atoms with Crippen molar-refractivity contribution in [2.45, 2.75) is 6.92 Å². The fourth-order valence-electron chi connectivity index (χ4n) is 0.483. The van der Waals surface area contributed by atoms with Gasteiger partial charge in [0.2, 0.25) is 0 Å². The third-order valence-electron chi connectivity index (χ3n) is 0.865. The van der Waals surface area contributed by atoms with Gasteiger partial charge in [0.15, 0.2) is 0 Å². The van der Waals surface area contributed by atoms with Gasteiger partial charge in [0.05, 0.1) is 0 Å². The van der Waals surface area contributed by atoms with Gasteiger partial charge in [-0.3, -0.25) is 0 Å². The predicted molar refractivity (Wildman–Crippen MR) is 30.0 cm³/mol. The van der Waals surface area contributed by atoms with Gasteiger partial charge in [-0.15, -0.1) is 0 Å². The van der Waals surface area contributed by atoms with Crippen molar-refractivity contribution in [3.05, 3.63) is 35.9 Å². The van der Waals surface area contributed by atoms with Crippen LogP contribution in [-0.2, 0) is 21.1 Å². The van der Waals surface area contributed by atoms with E-state index in [4.69, 9.17) is 0 Å². The number of hydrogen-bond acceptors (Lipinski definition) is 0. The first-order valence-electron chi connectivity index (χ1n) is 2.33. The Morgan fingerprint density at radius 3 is 2.38 bits per heavy atom. The SMILES string of the molecule is Cc1[c-]cccc1.[Pt]. The van der Waals surface area contributed by atoms with Crippen LogP contribution in [0.25, 0.3) is 0 Å². The maximum absolute atomic E-state index is 3.03. The van der Waals surface area contributed by atoms with Crippen LogP contribution in [-0.4, -0.2) is 0 Å². The first-order chi connectivity index (χ1) is 3.39. The number of aryl methyl sites for hydroxylation is 1. The molecule has 8 heavy (non-hydrogen) atoms. The van der Waals surface area contributed by atoms with E-state index in [-0.39, 0.29) is 21.1 Å². The van der Waals surface area contributed by atoms with Crippen LogP contribution in [0.2, 0.25) is 0 Å². The summed E-state index contributed by atoms with van der Waals surface area (Å²) in [5.41, 5.74) is 1.20. The molecular weight excluding hydrogens is 279 g/mol. The van der Waals surface area contributed by atoms with Crippen LogP contribution in [0.5, 0.6) is 0 Å². The van der Waals surface area contributed by atoms with Gasteiger partial charge < -0.3 is 0 Å². The van der Waals surface area contributed by atoms with Gasteiger partial charge in [0, 0.05) is 21.1 Å². The van der Waals surface area contributed by atoms with Crippen molar-refractivity contribution < 1.29 is 21.1 Å². The van der Waals surface area contributed by atoms with Crippen LogP contribution in [0.15, 0.2) is 24.3 Å². The van der Waals surface area contributed by atoms with Gasteiger partial charge in [-0.25, -0.2) is 0 Å². The van der Waals surface area contributed by atoms with E-state index in [1.165, 1.54) is 5.56 Å². The normalized spacial score (nSPS) is 7.62. The zero-order chi connectivity index (χ0) is 5.11. The smallest absolute Gasteiger partial charge is 0 e. The minimum Gasteiger partial charge on any atom is -0.181 e. The summed E-state index contributed by atoms with van der Waals surface area (Å²) < 4.78 is 0. The van der Waals surface area contributed by atoms with E-state index >= 15 is 0 Å². The van der Waals surface area contributed by atoms with Crippen molar-refractivity contribution >= 4 is 0 Å². The molecule has 0 nitrogen and oxygen atoms in total. The molecule has 0 saturated heterocycles. The molecule has 0 saturated carbocycles. The second-order valence-corrected chi connectivity index (χ2v) is 1.55. The minimum atomic E-state index is 0. The third kappa shape index (κ3) is 2.28. The zero-order valence-electron chi connectivity index (χ0n) is 4.63. The van der Waals surface area contributed by atoms with E-state index in [0.717, 1.165) is 0 Å². The predicted octanol–water partition coefficient (Wildman–Crippen LogP) is 1.79. The molecule has 0 atom stereocenters. The van der Waals surface area contributed by atoms with Crippen LogP contribution in [0.3, 0.4) is 0 Å². The molecule has 1 aromatic carbocycles. The van der Waals surface area contributed by atoms with Crippen molar-refractivity contribution in [1.29, 1.82) is 0 Å². The van der Waals surface area contributed by atoms with E-state index < -0.39 is 0 Å². The topological polar surface area (TPSA) is 0 Å². The van der Waals surface area contributed by atoms with Crippen molar-refractivity contribution in [3.63, 3.8) is 0 Å². The Morgan fingerprint density at radius 2 is 2.12 bits per heavy atom. The molecule has 0 spiro atoms. The summed E-state index contributed by atoms with van der Waals surface area (Å²) in [5.74, 6) is 0. The molecule has 1 aromatic rings. The van der Waals surface area contributed by atoms with Crippen LogP contribution < -0.4 is 0 Å². The molecular formula is C7H7Pt-. The number of benzene rings is 1. The molecule has 0 N–H and O–H groups in total. The molecule has 0 heterocycles. The molecule has 0 aliphatic heterocycles. The molecule has 0 fully saturated rings. The first kappa shape index (κ1) is 7.91. The van der Waals surface area contributed by atoms with E-state index in [1.807, 2.05) is 31.2 Å². The largest absolute Gasteiger partial charge is 0.181 e. The summed E-state index contributed by atoms with van der Waals surface area (Å²) >= 11 is 0. The molecule has 46 valence electrons. The van der Waals surface area contributed by atoms with E-state index in [1.54, 1.807) is 0 Å². The Kier molecular flexibility index (Phi) is 3.81. The fraction of sp³-hybridized carbons (Fsp3) is 0.143. The van der Waals surface area contributed by atoms with Gasteiger partial charge >= 0.3 is 0 Å². The summed E-state index contributed by atoms with van der Waals surface area (Å²) in [6, 6.07) is 10.9. The molecule has 0 radical (unpaired) electrons. The minimum absolute atomic E-state index is 0. The van der Waals surface area contributed by atoms with E-state index in [2.05, 4.69) is 6.07 Å². The van der Waals surface area contributed by atoms with Gasteiger partial charge in [-0.2, -0.15) is 35.9 Å². The molecule has 0 unspecified atom stereocenters. The third-order valence-corrected chi connectivity index (χ3v) is 0.865. The van der Waals surface area contributed by atoms with Crippen LogP contribution in [0, 0.1) is 13.0 Å². The Labute approximate surface area is 64.2 Å². The zero-order valence-corrected chi connectivity index (χ0v) is 6.90. The van der Waals surface area contributed by atoms with E-state index in [9.17, 15) is 0 Å². The number of hydrogen-bond donors (Lipinski definition) is 0. The molecule has 1 heteroatoms. The van der Waals surface area contributed by atoms with Gasteiger partial charge in [-0.05, 0) is 0 Å². The summed E-state index contributed by atoms with van der Waals surface area (Å²) in [6.07, 6.45) is 0. The second kappa shape index (κ2) is 3.86. The van der Waals surface area contributed by atoms with Crippen LogP contribution in [0.4, 0.5) is 0 Å². The molecule has 0 bridgehead atoms. The monoisotopic (exact) mass is 286 g/mol. The first-order valence-corrected chi connectivity index (χ1v) is 2.33.